The van der Waals surface area contributed by atoms with Crippen LogP contribution in [0.25, 0.3) is 4.85 Å². The van der Waals surface area contributed by atoms with E-state index in [9.17, 15) is 53.2 Å². The molecule has 2 saturated carbocycles. The fourth-order valence-corrected chi connectivity index (χ4v) is 11.7. The lowest BCUT2D eigenvalue weighted by Gasteiger charge is -2.27. The van der Waals surface area contributed by atoms with Gasteiger partial charge in [0.1, 0.15) is 48.4 Å². The van der Waals surface area contributed by atoms with Crippen LogP contribution in [0.5, 0.6) is 23.0 Å². The molecule has 0 amide bonds. The van der Waals surface area contributed by atoms with Crippen molar-refractivity contribution >= 4 is 83.2 Å². The van der Waals surface area contributed by atoms with Crippen molar-refractivity contribution in [2.45, 2.75) is 133 Å². The summed E-state index contributed by atoms with van der Waals surface area (Å²) in [4.78, 5) is 129. The maximum Gasteiger partial charge on any atom is 0.330 e. The normalized spacial score (nSPS) is 17.9. The molecule has 3 aromatic rings. The smallest absolute Gasteiger partial charge is 0.330 e. The topological polar surface area (TPSA) is 291 Å². The molecule has 22 nitrogen and oxygen atoms in total. The van der Waals surface area contributed by atoms with Gasteiger partial charge in [-0.1, -0.05) is 60.9 Å². The number of nitriles is 1. The molecule has 2 unspecified atom stereocenters. The number of aryl methyl sites for hydroxylation is 1. The highest BCUT2D eigenvalue weighted by molar-refractivity contribution is 8.24. The first kappa shape index (κ1) is 67.4. The van der Waals surface area contributed by atoms with Gasteiger partial charge in [-0.2, -0.15) is 0 Å². The number of benzene rings is 3. The number of hydrogen-bond acceptors (Lipinski definition) is 23. The standard InChI is InChI=1S/C63H66N2O20S2/c1-7-50(66)80-38(4)35-78-54(70)27-25-52(68)76-31-29-40-9-21-46(22-10-40)82-59(72)42-13-17-44(18-14-42)61(74)84-49-33-37(3)56(58-57(49)86-63(87-58)48(34-64)65-6)85-62(75)45-19-15-43(16-20-45)60(73)83-47-23-11-41(12-24-47)30-32-77-53(69)26-28-55(71)79-36-39(5)81-51(67)8-2/h7-12,21-24,33,38-39,42-45H,1-2,13-20,25-32,35-36H2,3-5H3/b63-48-. The summed E-state index contributed by atoms with van der Waals surface area (Å²) in [5, 5.41) is 9.76. The van der Waals surface area contributed by atoms with Crippen molar-refractivity contribution in [3.8, 4) is 29.1 Å². The lowest BCUT2D eigenvalue weighted by Crippen LogP contribution is -2.31. The molecule has 460 valence electrons. The van der Waals surface area contributed by atoms with E-state index in [-0.39, 0.29) is 69.3 Å². The molecule has 2 fully saturated rings. The van der Waals surface area contributed by atoms with Gasteiger partial charge in [0.05, 0.1) is 89.2 Å². The minimum absolute atomic E-state index is 0.0487. The molecule has 2 aliphatic carbocycles. The third-order valence-electron chi connectivity index (χ3n) is 13.9. The van der Waals surface area contributed by atoms with Gasteiger partial charge in [0, 0.05) is 25.0 Å². The molecule has 0 radical (unpaired) electrons. The second kappa shape index (κ2) is 33.8. The molecule has 3 aromatic carbocycles. The van der Waals surface area contributed by atoms with Crippen molar-refractivity contribution < 1.29 is 95.3 Å². The van der Waals surface area contributed by atoms with E-state index in [0.717, 1.165) is 46.8 Å². The molecular weight excluding hydrogens is 1170 g/mol. The second-order valence-electron chi connectivity index (χ2n) is 20.5. The molecule has 87 heavy (non-hydrogen) atoms. The number of allylic oxidation sites excluding steroid dienone is 1. The van der Waals surface area contributed by atoms with Crippen molar-refractivity contribution in [3.05, 3.63) is 118 Å². The van der Waals surface area contributed by atoms with Gasteiger partial charge in [-0.3, -0.25) is 38.4 Å². The molecule has 0 N–H and O–H groups in total. The van der Waals surface area contributed by atoms with Gasteiger partial charge < -0.3 is 47.4 Å². The molecule has 0 saturated heterocycles. The first-order valence-electron chi connectivity index (χ1n) is 28.1. The summed E-state index contributed by atoms with van der Waals surface area (Å²) in [5.74, 6) is -6.75. The number of hydrogen-bond donors (Lipinski definition) is 0. The Labute approximate surface area is 511 Å². The van der Waals surface area contributed by atoms with Crippen LogP contribution in [-0.4, -0.2) is 98.3 Å². The Kier molecular flexibility index (Phi) is 26.2. The minimum Gasteiger partial charge on any atom is -0.465 e. The van der Waals surface area contributed by atoms with E-state index in [1.54, 1.807) is 75.4 Å². The molecule has 24 heteroatoms. The molecule has 6 rings (SSSR count). The predicted molar refractivity (Wildman–Crippen MR) is 310 cm³/mol. The molecule has 0 spiro atoms. The summed E-state index contributed by atoms with van der Waals surface area (Å²) in [7, 11) is 0. The van der Waals surface area contributed by atoms with Crippen molar-refractivity contribution in [1.82, 2.24) is 0 Å². The molecule has 1 heterocycles. The molecule has 0 aromatic heterocycles. The highest BCUT2D eigenvalue weighted by Gasteiger charge is 2.37. The predicted octanol–water partition coefficient (Wildman–Crippen LogP) is 9.49. The number of carbonyl (C=O) groups is 10. The summed E-state index contributed by atoms with van der Waals surface area (Å²) in [6.07, 6.45) is 3.37. The number of ether oxygens (including phenoxy) is 10. The quantitative estimate of drug-likeness (QED) is 0.0163. The van der Waals surface area contributed by atoms with E-state index in [1.165, 1.54) is 0 Å². The van der Waals surface area contributed by atoms with E-state index >= 15 is 0 Å². The van der Waals surface area contributed by atoms with Crippen LogP contribution in [0.3, 0.4) is 0 Å². The van der Waals surface area contributed by atoms with Gasteiger partial charge in [0.15, 0.2) is 0 Å². The summed E-state index contributed by atoms with van der Waals surface area (Å²) < 4.78 is 54.1. The first-order valence-corrected chi connectivity index (χ1v) is 29.8. The maximum absolute atomic E-state index is 13.8. The highest BCUT2D eigenvalue weighted by Crippen LogP contribution is 2.60. The van der Waals surface area contributed by atoms with Crippen LogP contribution >= 0.6 is 23.5 Å². The fraction of sp³-hybridized carbons (Fsp3) is 0.429. The zero-order valence-electron chi connectivity index (χ0n) is 48.3. The van der Waals surface area contributed by atoms with Gasteiger partial charge >= 0.3 is 59.7 Å². The molecule has 3 aliphatic rings. The highest BCUT2D eigenvalue weighted by atomic mass is 32.2. The molecule has 2 atom stereocenters. The lowest BCUT2D eigenvalue weighted by atomic mass is 9.82. The van der Waals surface area contributed by atoms with Crippen molar-refractivity contribution in [1.29, 1.82) is 5.26 Å². The second-order valence-corrected chi connectivity index (χ2v) is 22.8. The Morgan fingerprint density at radius 1 is 0.575 bits per heavy atom. The van der Waals surface area contributed by atoms with Gasteiger partial charge in [-0.25, -0.2) is 19.7 Å². The van der Waals surface area contributed by atoms with E-state index in [0.29, 0.717) is 95.3 Å². The van der Waals surface area contributed by atoms with Gasteiger partial charge in [-0.15, -0.1) is 0 Å². The summed E-state index contributed by atoms with van der Waals surface area (Å²) >= 11 is 2.13. The summed E-state index contributed by atoms with van der Waals surface area (Å²) in [6.45, 7) is 18.7. The number of carbonyl (C=O) groups excluding carboxylic acids is 10. The minimum atomic E-state index is -0.674. The average molecular weight is 1240 g/mol. The Morgan fingerprint density at radius 3 is 1.32 bits per heavy atom. The van der Waals surface area contributed by atoms with E-state index in [4.69, 9.17) is 53.9 Å². The molecule has 1 aliphatic heterocycles. The number of esters is 10. The van der Waals surface area contributed by atoms with Gasteiger partial charge in [-0.05, 0) is 119 Å². The maximum atomic E-state index is 13.8. The number of rotatable bonds is 28. The Hall–Kier alpha value is -8.74. The molecule has 0 bridgehead atoms. The van der Waals surface area contributed by atoms with Crippen LogP contribution in [0.1, 0.15) is 108 Å². The third-order valence-corrected chi connectivity index (χ3v) is 16.5. The number of thioether (sulfide) groups is 2. The first-order chi connectivity index (χ1) is 41.7. The Balaban J connectivity index is 0.915. The monoisotopic (exact) mass is 1230 g/mol. The van der Waals surface area contributed by atoms with Crippen LogP contribution in [0.15, 0.2) is 99.6 Å². The third kappa shape index (κ3) is 21.3. The van der Waals surface area contributed by atoms with Crippen LogP contribution in [0.4, 0.5) is 0 Å². The number of fused-ring (bicyclic) bond motifs is 1. The van der Waals surface area contributed by atoms with Crippen molar-refractivity contribution in [2.24, 2.45) is 23.7 Å². The summed E-state index contributed by atoms with van der Waals surface area (Å²) in [5.41, 5.74) is 1.89. The van der Waals surface area contributed by atoms with E-state index < -0.39 is 95.6 Å². The SMILES string of the molecule is [C-]#[N+]/C(C#N)=C1/Sc2c(OC(=O)C3CCC(C(=O)Oc4ccc(CCOC(=O)CCC(=O)OCC(C)OC(=O)C=C)cc4)CC3)cc(C)c(OC(=O)C3CCC(C(=O)Oc4ccc(CCOC(=O)CCC(=O)OCC(C)OC(=O)C=C)cc4)CC3)c2S1. The van der Waals surface area contributed by atoms with Crippen LogP contribution < -0.4 is 18.9 Å². The fourth-order valence-electron chi connectivity index (χ4n) is 9.13. The average Bonchev–Trinajstić information content (AvgIpc) is 1.87. The van der Waals surface area contributed by atoms with Crippen LogP contribution in [-0.2, 0) is 89.2 Å². The van der Waals surface area contributed by atoms with Crippen LogP contribution in [0.2, 0.25) is 0 Å². The van der Waals surface area contributed by atoms with Gasteiger partial charge in [0.25, 0.3) is 5.70 Å². The number of nitrogens with zero attached hydrogens (tertiary/aromatic N) is 2. The zero-order valence-corrected chi connectivity index (χ0v) is 50.0. The zero-order chi connectivity index (χ0) is 63.0. The van der Waals surface area contributed by atoms with E-state index in [2.05, 4.69) is 18.0 Å². The Morgan fingerprint density at radius 2 is 0.943 bits per heavy atom. The van der Waals surface area contributed by atoms with Crippen molar-refractivity contribution in [2.75, 3.05) is 26.4 Å². The Bertz CT molecular complexity index is 3170. The van der Waals surface area contributed by atoms with Crippen LogP contribution in [0, 0.1) is 48.5 Å². The van der Waals surface area contributed by atoms with Gasteiger partial charge in [0.2, 0.25) is 0 Å². The largest absolute Gasteiger partial charge is 0.465 e. The lowest BCUT2D eigenvalue weighted by molar-refractivity contribution is -0.156. The van der Waals surface area contributed by atoms with E-state index in [1.807, 2.05) is 6.07 Å². The van der Waals surface area contributed by atoms with Crippen molar-refractivity contribution in [3.63, 3.8) is 0 Å². The molecular formula is C63H66N2O20S2. The summed E-state index contributed by atoms with van der Waals surface area (Å²) in [6, 6.07) is 16.9.